The van der Waals surface area contributed by atoms with E-state index in [-0.39, 0.29) is 6.42 Å². The van der Waals surface area contributed by atoms with Gasteiger partial charge < -0.3 is 5.11 Å². The lowest BCUT2D eigenvalue weighted by Crippen LogP contribution is -2.11. The number of carbonyl (C=O) groups is 1. The highest BCUT2D eigenvalue weighted by Crippen LogP contribution is 2.41. The van der Waals surface area contributed by atoms with Gasteiger partial charge in [-0.25, -0.2) is 4.98 Å². The van der Waals surface area contributed by atoms with Gasteiger partial charge in [-0.15, -0.1) is 0 Å². The van der Waals surface area contributed by atoms with Crippen LogP contribution in [-0.2, 0) is 4.79 Å². The summed E-state index contributed by atoms with van der Waals surface area (Å²) in [5.74, 6) is 0.700. The fourth-order valence-corrected chi connectivity index (χ4v) is 5.39. The molecule has 0 radical (unpaired) electrons. The Bertz CT molecular complexity index is 1420. The average molecular weight is 495 g/mol. The Kier molecular flexibility index (Phi) is 8.60. The number of rotatable bonds is 9. The van der Waals surface area contributed by atoms with Gasteiger partial charge in [0.25, 0.3) is 0 Å². The first-order valence-electron chi connectivity index (χ1n) is 13.4. The summed E-state index contributed by atoms with van der Waals surface area (Å²) in [6.07, 6.45) is 21.1. The summed E-state index contributed by atoms with van der Waals surface area (Å²) in [5.41, 5.74) is 6.51. The van der Waals surface area contributed by atoms with Gasteiger partial charge >= 0.3 is 5.97 Å². The monoisotopic (exact) mass is 494 g/mol. The molecule has 4 nitrogen and oxygen atoms in total. The molecular weight excluding hydrogens is 456 g/mol. The van der Waals surface area contributed by atoms with Crippen molar-refractivity contribution in [2.45, 2.75) is 71.6 Å². The number of aromatic nitrogens is 2. The van der Waals surface area contributed by atoms with Gasteiger partial charge in [-0.2, -0.15) is 0 Å². The van der Waals surface area contributed by atoms with Crippen molar-refractivity contribution in [2.24, 2.45) is 0 Å². The third-order valence-electron chi connectivity index (χ3n) is 7.09. The summed E-state index contributed by atoms with van der Waals surface area (Å²) in [4.78, 5) is 16.5. The van der Waals surface area contributed by atoms with Gasteiger partial charge in [0.1, 0.15) is 5.82 Å². The Hall–Kier alpha value is -3.66. The predicted molar refractivity (Wildman–Crippen MR) is 158 cm³/mol. The number of benzene rings is 2. The number of nitrogens with zero attached hydrogens (tertiary/aromatic N) is 2. The highest BCUT2D eigenvalue weighted by atomic mass is 16.4. The molecule has 0 atom stereocenters. The second kappa shape index (κ2) is 12.1. The lowest BCUT2D eigenvalue weighted by Gasteiger charge is -2.23. The summed E-state index contributed by atoms with van der Waals surface area (Å²) in [6.45, 7) is 10.4. The lowest BCUT2D eigenvalue weighted by molar-refractivity contribution is -0.136. The fraction of sp³-hybridized carbons (Fsp3) is 0.333. The molecule has 3 aromatic rings. The smallest absolute Gasteiger partial charge is 0.303 e. The molecule has 0 amide bonds. The average Bonchev–Trinajstić information content (AvgIpc) is 3.29. The van der Waals surface area contributed by atoms with Crippen LogP contribution >= 0.6 is 0 Å². The standard InChI is InChI=1S/C33H38N2O2/c1-5-14-28-26(6-2)27-18-11-12-19-29(27)32-31(28)34-33(24-15-8-7-9-16-24)35(32)25(22-21-23(3)4)17-10-13-20-30(36)37/h5-6,10-12,14,17-19,21-22,24H,2,7-9,13,15-16,20H2,1,3-4H3,(H,36,37)/b14-5-,17-10-,25-22+. The minimum Gasteiger partial charge on any atom is -0.481 e. The molecule has 4 rings (SSSR count). The molecule has 1 N–H and O–H groups in total. The van der Waals surface area contributed by atoms with E-state index in [1.165, 1.54) is 24.8 Å². The van der Waals surface area contributed by atoms with Gasteiger partial charge in [0.05, 0.1) is 11.0 Å². The number of allylic oxidation sites excluding steroid dienone is 7. The van der Waals surface area contributed by atoms with Gasteiger partial charge in [0, 0.05) is 29.0 Å². The van der Waals surface area contributed by atoms with Gasteiger partial charge in [0.2, 0.25) is 0 Å². The molecule has 0 bridgehead atoms. The van der Waals surface area contributed by atoms with Gasteiger partial charge in [-0.1, -0.05) is 86.1 Å². The topological polar surface area (TPSA) is 55.1 Å². The molecule has 37 heavy (non-hydrogen) atoms. The Balaban J connectivity index is 2.11. The van der Waals surface area contributed by atoms with Gasteiger partial charge in [-0.3, -0.25) is 9.36 Å². The highest BCUT2D eigenvalue weighted by molar-refractivity contribution is 6.13. The lowest BCUT2D eigenvalue weighted by atomic mass is 9.88. The molecule has 1 saturated carbocycles. The van der Waals surface area contributed by atoms with Crippen LogP contribution in [0.5, 0.6) is 0 Å². The van der Waals surface area contributed by atoms with Crippen molar-refractivity contribution in [3.8, 4) is 0 Å². The van der Waals surface area contributed by atoms with Crippen LogP contribution in [0.3, 0.4) is 0 Å². The van der Waals surface area contributed by atoms with E-state index < -0.39 is 5.97 Å². The van der Waals surface area contributed by atoms with Crippen LogP contribution in [0.25, 0.3) is 39.7 Å². The second-order valence-corrected chi connectivity index (χ2v) is 10.1. The molecule has 1 aliphatic rings. The van der Waals surface area contributed by atoms with Crippen molar-refractivity contribution >= 4 is 45.6 Å². The Labute approximate surface area is 220 Å². The van der Waals surface area contributed by atoms with Crippen LogP contribution < -0.4 is 0 Å². The fourth-order valence-electron chi connectivity index (χ4n) is 5.39. The minimum absolute atomic E-state index is 0.115. The van der Waals surface area contributed by atoms with E-state index in [9.17, 15) is 4.79 Å². The third kappa shape index (κ3) is 5.69. The highest BCUT2D eigenvalue weighted by Gasteiger charge is 2.26. The van der Waals surface area contributed by atoms with Gasteiger partial charge in [0.15, 0.2) is 0 Å². The van der Waals surface area contributed by atoms with Crippen LogP contribution in [0.4, 0.5) is 0 Å². The summed E-state index contributed by atoms with van der Waals surface area (Å²) >= 11 is 0. The zero-order valence-electron chi connectivity index (χ0n) is 22.3. The SMILES string of the molecule is C=Cc1c(/C=C\C)c2nc(C3CCCCC3)n(C(/C=C\CCC(=O)O)=C/C=C(C)C)c2c2ccccc12. The summed E-state index contributed by atoms with van der Waals surface area (Å²) in [6, 6.07) is 8.51. The van der Waals surface area contributed by atoms with Crippen molar-refractivity contribution in [3.05, 3.63) is 83.7 Å². The first-order chi connectivity index (χ1) is 18.0. The maximum absolute atomic E-state index is 11.1. The van der Waals surface area contributed by atoms with E-state index >= 15 is 0 Å². The first kappa shape index (κ1) is 26.4. The van der Waals surface area contributed by atoms with E-state index in [1.807, 2.05) is 19.1 Å². The van der Waals surface area contributed by atoms with E-state index in [4.69, 9.17) is 10.1 Å². The summed E-state index contributed by atoms with van der Waals surface area (Å²) < 4.78 is 2.35. The largest absolute Gasteiger partial charge is 0.481 e. The van der Waals surface area contributed by atoms with Crippen molar-refractivity contribution in [2.75, 3.05) is 0 Å². The van der Waals surface area contributed by atoms with E-state index in [1.54, 1.807) is 0 Å². The molecule has 1 fully saturated rings. The number of fused-ring (bicyclic) bond motifs is 3. The van der Waals surface area contributed by atoms with Crippen molar-refractivity contribution in [1.82, 2.24) is 9.55 Å². The molecule has 192 valence electrons. The maximum atomic E-state index is 11.1. The molecule has 1 heterocycles. The number of carboxylic acids is 1. The van der Waals surface area contributed by atoms with E-state index in [0.717, 1.165) is 57.3 Å². The van der Waals surface area contributed by atoms with Crippen LogP contribution in [0.1, 0.15) is 88.6 Å². The normalized spacial score (nSPS) is 15.3. The van der Waals surface area contributed by atoms with Gasteiger partial charge in [-0.05, 0) is 63.1 Å². The molecule has 2 aromatic carbocycles. The number of hydrogen-bond donors (Lipinski definition) is 1. The second-order valence-electron chi connectivity index (χ2n) is 10.1. The summed E-state index contributed by atoms with van der Waals surface area (Å²) in [5, 5.41) is 11.5. The summed E-state index contributed by atoms with van der Waals surface area (Å²) in [7, 11) is 0. The molecule has 0 saturated heterocycles. The van der Waals surface area contributed by atoms with E-state index in [0.29, 0.717) is 12.3 Å². The Morgan fingerprint density at radius 3 is 2.49 bits per heavy atom. The van der Waals surface area contributed by atoms with Crippen LogP contribution in [0.2, 0.25) is 0 Å². The molecule has 0 aliphatic heterocycles. The minimum atomic E-state index is -0.783. The first-order valence-corrected chi connectivity index (χ1v) is 13.4. The number of carboxylic acid groups (broad SMARTS) is 1. The van der Waals surface area contributed by atoms with Crippen LogP contribution in [-0.4, -0.2) is 20.6 Å². The molecule has 4 heteroatoms. The van der Waals surface area contributed by atoms with Crippen LogP contribution in [0, 0.1) is 0 Å². The number of hydrogen-bond acceptors (Lipinski definition) is 2. The predicted octanol–water partition coefficient (Wildman–Crippen LogP) is 9.14. The zero-order chi connectivity index (χ0) is 26.4. The van der Waals surface area contributed by atoms with Crippen molar-refractivity contribution < 1.29 is 9.90 Å². The Morgan fingerprint density at radius 2 is 1.84 bits per heavy atom. The third-order valence-corrected chi connectivity index (χ3v) is 7.09. The molecular formula is C33H38N2O2. The Morgan fingerprint density at radius 1 is 1.11 bits per heavy atom. The molecule has 0 unspecified atom stereocenters. The quantitative estimate of drug-likeness (QED) is 0.302. The maximum Gasteiger partial charge on any atom is 0.303 e. The van der Waals surface area contributed by atoms with Crippen molar-refractivity contribution in [3.63, 3.8) is 0 Å². The number of imidazole rings is 1. The molecule has 0 spiro atoms. The van der Waals surface area contributed by atoms with E-state index in [2.05, 4.69) is 79.6 Å². The molecule has 1 aliphatic carbocycles. The zero-order valence-corrected chi connectivity index (χ0v) is 22.3. The van der Waals surface area contributed by atoms with Crippen molar-refractivity contribution in [1.29, 1.82) is 0 Å². The number of aliphatic carboxylic acids is 1. The van der Waals surface area contributed by atoms with Crippen LogP contribution in [0.15, 0.2) is 66.8 Å². The molecule has 1 aromatic heterocycles.